The Morgan fingerprint density at radius 3 is 1.26 bits per heavy atom. The fourth-order valence-corrected chi connectivity index (χ4v) is 5.19. The molecule has 2 heterocycles. The average molecular weight is 565 g/mol. The van der Waals surface area contributed by atoms with Crippen LogP contribution in [-0.4, -0.2) is 10.2 Å². The molecule has 2 aliphatic heterocycles. The fourth-order valence-electron chi connectivity index (χ4n) is 5.19. The second kappa shape index (κ2) is 10.4. The number of aliphatic hydroxyl groups excluding tert-OH is 2. The maximum Gasteiger partial charge on any atom is 0.137 e. The van der Waals surface area contributed by atoms with Crippen molar-refractivity contribution < 1.29 is 19.7 Å². The monoisotopic (exact) mass is 564 g/mol. The van der Waals surface area contributed by atoms with E-state index < -0.39 is 0 Å². The van der Waals surface area contributed by atoms with E-state index in [1.165, 1.54) is 11.1 Å². The molecule has 2 aromatic rings. The van der Waals surface area contributed by atoms with E-state index in [9.17, 15) is 10.2 Å². The maximum absolute atomic E-state index is 11.3. The lowest BCUT2D eigenvalue weighted by atomic mass is 9.84. The largest absolute Gasteiger partial charge is 0.506 e. The highest BCUT2D eigenvalue weighted by atomic mass is 16.5. The van der Waals surface area contributed by atoms with Crippen LogP contribution in [0.4, 0.5) is 0 Å². The average Bonchev–Trinajstić information content (AvgIpc) is 2.92. The molecule has 0 amide bonds. The molecular weight excluding hydrogens is 520 g/mol. The SMILES string of the molecule is CC(C)c1ccc2c(c1)/C(=C/C1=C(O)C(/C=C3\C=C(C(C)(C)C)Oc4ccc(C(C)C)cc43)=C1O)C=C(C(C)(C)C)O2. The summed E-state index contributed by atoms with van der Waals surface area (Å²) in [6.07, 6.45) is 7.79. The molecule has 3 aliphatic rings. The van der Waals surface area contributed by atoms with Gasteiger partial charge in [-0.2, -0.15) is 0 Å². The van der Waals surface area contributed by atoms with Crippen molar-refractivity contribution in [2.75, 3.05) is 0 Å². The lowest BCUT2D eigenvalue weighted by Gasteiger charge is -2.30. The molecule has 42 heavy (non-hydrogen) atoms. The van der Waals surface area contributed by atoms with E-state index >= 15 is 0 Å². The summed E-state index contributed by atoms with van der Waals surface area (Å²) in [5, 5.41) is 22.6. The first-order valence-electron chi connectivity index (χ1n) is 14.9. The topological polar surface area (TPSA) is 58.9 Å². The van der Waals surface area contributed by atoms with Crippen LogP contribution >= 0.6 is 0 Å². The third kappa shape index (κ3) is 5.47. The summed E-state index contributed by atoms with van der Waals surface area (Å²) in [5.74, 6) is 4.10. The van der Waals surface area contributed by atoms with E-state index in [1.54, 1.807) is 0 Å². The van der Waals surface area contributed by atoms with Gasteiger partial charge in [-0.05, 0) is 82.7 Å². The molecule has 0 spiro atoms. The predicted octanol–water partition coefficient (Wildman–Crippen LogP) is 10.7. The number of aliphatic hydroxyl groups is 2. The normalized spacial score (nSPS) is 19.0. The van der Waals surface area contributed by atoms with Crippen molar-refractivity contribution >= 4 is 11.1 Å². The molecule has 2 aromatic carbocycles. The molecule has 4 nitrogen and oxygen atoms in total. The second-order valence-electron chi connectivity index (χ2n) is 14.3. The van der Waals surface area contributed by atoms with Gasteiger partial charge < -0.3 is 19.7 Å². The van der Waals surface area contributed by atoms with Gasteiger partial charge in [-0.1, -0.05) is 81.4 Å². The molecule has 0 unspecified atom stereocenters. The first kappa shape index (κ1) is 29.6. The summed E-state index contributed by atoms with van der Waals surface area (Å²) in [4.78, 5) is 0. The summed E-state index contributed by atoms with van der Waals surface area (Å²) in [6.45, 7) is 21.3. The van der Waals surface area contributed by atoms with Crippen LogP contribution in [0.25, 0.3) is 11.1 Å². The van der Waals surface area contributed by atoms with Gasteiger partial charge in [0.15, 0.2) is 0 Å². The Morgan fingerprint density at radius 1 is 0.595 bits per heavy atom. The number of benzene rings is 2. The van der Waals surface area contributed by atoms with Crippen molar-refractivity contribution in [3.63, 3.8) is 0 Å². The van der Waals surface area contributed by atoms with E-state index in [0.29, 0.717) is 23.0 Å². The minimum absolute atomic E-state index is 0.0741. The fraction of sp³-hybridized carbons (Fsp3) is 0.368. The van der Waals surface area contributed by atoms with Crippen molar-refractivity contribution in [2.24, 2.45) is 10.8 Å². The second-order valence-corrected chi connectivity index (χ2v) is 14.3. The van der Waals surface area contributed by atoms with Crippen LogP contribution in [0.3, 0.4) is 0 Å². The van der Waals surface area contributed by atoms with E-state index in [-0.39, 0.29) is 22.3 Å². The van der Waals surface area contributed by atoms with Crippen molar-refractivity contribution in [3.05, 3.63) is 117 Å². The molecule has 0 atom stereocenters. The Bertz CT molecular complexity index is 1500. The lowest BCUT2D eigenvalue weighted by Crippen LogP contribution is -2.19. The van der Waals surface area contributed by atoms with Crippen LogP contribution in [0, 0.1) is 10.8 Å². The van der Waals surface area contributed by atoms with E-state index in [0.717, 1.165) is 45.3 Å². The molecule has 1 aliphatic carbocycles. The molecule has 0 radical (unpaired) electrons. The van der Waals surface area contributed by atoms with Crippen LogP contribution in [-0.2, 0) is 0 Å². The molecule has 0 aromatic heterocycles. The molecule has 0 bridgehead atoms. The van der Waals surface area contributed by atoms with E-state index in [1.807, 2.05) is 36.4 Å². The Morgan fingerprint density at radius 2 is 0.952 bits per heavy atom. The number of rotatable bonds is 4. The molecule has 5 rings (SSSR count). The van der Waals surface area contributed by atoms with Crippen LogP contribution in [0.15, 0.2) is 94.9 Å². The number of hydrogen-bond donors (Lipinski definition) is 2. The van der Waals surface area contributed by atoms with Gasteiger partial charge in [0.25, 0.3) is 0 Å². The zero-order valence-corrected chi connectivity index (χ0v) is 26.6. The van der Waals surface area contributed by atoms with E-state index in [4.69, 9.17) is 9.47 Å². The summed E-state index contributed by atoms with van der Waals surface area (Å²) < 4.78 is 12.6. The Balaban J connectivity index is 1.59. The Hall–Kier alpha value is -3.92. The summed E-state index contributed by atoms with van der Waals surface area (Å²) in [7, 11) is 0. The number of hydrogen-bond acceptors (Lipinski definition) is 4. The minimum Gasteiger partial charge on any atom is -0.506 e. The van der Waals surface area contributed by atoms with Gasteiger partial charge in [-0.3, -0.25) is 0 Å². The van der Waals surface area contributed by atoms with Gasteiger partial charge in [0, 0.05) is 22.0 Å². The highest BCUT2D eigenvalue weighted by Gasteiger charge is 2.32. The number of ether oxygens (including phenoxy) is 2. The standard InChI is InChI=1S/C38H44O4/c1-21(2)23-11-13-31-27(15-23)25(19-33(41-31)37(5,6)7)17-29-35(39)30(36(29)40)18-26-20-34(38(8,9)10)42-32-14-12-24(22(3)4)16-28(26)32/h11-22,39-40H,1-10H3/b25-17+,26-18+. The van der Waals surface area contributed by atoms with Crippen LogP contribution in [0.5, 0.6) is 11.5 Å². The van der Waals surface area contributed by atoms with Gasteiger partial charge in [0.1, 0.15) is 34.5 Å². The van der Waals surface area contributed by atoms with Crippen molar-refractivity contribution in [1.82, 2.24) is 0 Å². The molecule has 4 heteroatoms. The van der Waals surface area contributed by atoms with Gasteiger partial charge in [-0.25, -0.2) is 0 Å². The van der Waals surface area contributed by atoms with Crippen LogP contribution < -0.4 is 9.47 Å². The van der Waals surface area contributed by atoms with Crippen LogP contribution in [0.1, 0.15) is 103 Å². The summed E-state index contributed by atoms with van der Waals surface area (Å²) >= 11 is 0. The third-order valence-electron chi connectivity index (χ3n) is 8.07. The minimum atomic E-state index is -0.209. The first-order valence-corrected chi connectivity index (χ1v) is 14.9. The van der Waals surface area contributed by atoms with Crippen molar-refractivity contribution in [2.45, 2.75) is 81.1 Å². The number of fused-ring (bicyclic) bond motifs is 2. The van der Waals surface area contributed by atoms with Gasteiger partial charge in [0.05, 0.1) is 11.1 Å². The maximum atomic E-state index is 11.3. The van der Waals surface area contributed by atoms with Crippen LogP contribution in [0.2, 0.25) is 0 Å². The predicted molar refractivity (Wildman–Crippen MR) is 173 cm³/mol. The van der Waals surface area contributed by atoms with Crippen molar-refractivity contribution in [3.8, 4) is 11.5 Å². The highest BCUT2D eigenvalue weighted by Crippen LogP contribution is 2.46. The van der Waals surface area contributed by atoms with Crippen molar-refractivity contribution in [1.29, 1.82) is 0 Å². The Kier molecular flexibility index (Phi) is 7.33. The molecule has 0 saturated carbocycles. The molecule has 0 fully saturated rings. The van der Waals surface area contributed by atoms with Gasteiger partial charge in [-0.15, -0.1) is 0 Å². The molecular formula is C38H44O4. The smallest absolute Gasteiger partial charge is 0.137 e. The Labute approximate surface area is 251 Å². The lowest BCUT2D eigenvalue weighted by molar-refractivity contribution is 0.290. The van der Waals surface area contributed by atoms with Gasteiger partial charge >= 0.3 is 0 Å². The van der Waals surface area contributed by atoms with E-state index in [2.05, 4.69) is 93.5 Å². The quantitative estimate of drug-likeness (QED) is 0.388. The molecule has 0 saturated heterocycles. The molecule has 2 N–H and O–H groups in total. The highest BCUT2D eigenvalue weighted by molar-refractivity contribution is 5.87. The summed E-state index contributed by atoms with van der Waals surface area (Å²) in [5.41, 5.74) is 6.53. The first-order chi connectivity index (χ1) is 19.5. The zero-order valence-electron chi connectivity index (χ0n) is 26.6. The third-order valence-corrected chi connectivity index (χ3v) is 8.07. The van der Waals surface area contributed by atoms with Gasteiger partial charge in [0.2, 0.25) is 0 Å². The summed E-state index contributed by atoms with van der Waals surface area (Å²) in [6, 6.07) is 12.5. The zero-order chi connectivity index (χ0) is 30.7. The number of allylic oxidation sites excluding steroid dienone is 8. The molecule has 220 valence electrons.